The summed E-state index contributed by atoms with van der Waals surface area (Å²) in [6, 6.07) is 3.78. The van der Waals surface area contributed by atoms with Gasteiger partial charge >= 0.3 is 0 Å². The fourth-order valence-electron chi connectivity index (χ4n) is 1.84. The Kier molecular flexibility index (Phi) is 3.26. The first-order valence-corrected chi connectivity index (χ1v) is 5.55. The summed E-state index contributed by atoms with van der Waals surface area (Å²) in [7, 11) is 0. The van der Waals surface area contributed by atoms with Crippen molar-refractivity contribution in [2.24, 2.45) is 11.3 Å². The Balaban J connectivity index is 1.89. The second kappa shape index (κ2) is 4.67. The lowest BCUT2D eigenvalue weighted by atomic mass is 10.0. The van der Waals surface area contributed by atoms with Crippen molar-refractivity contribution in [3.8, 4) is 0 Å². The van der Waals surface area contributed by atoms with Gasteiger partial charge in [0, 0.05) is 31.1 Å². The molecule has 5 nitrogen and oxygen atoms in total. The summed E-state index contributed by atoms with van der Waals surface area (Å²) in [4.78, 5) is 4.04. The minimum absolute atomic E-state index is 0.271. The zero-order valence-electron chi connectivity index (χ0n) is 9.24. The number of hydrogen-bond donors (Lipinski definition) is 4. The molecule has 1 aromatic heterocycles. The predicted octanol–water partition coefficient (Wildman–Crippen LogP) is 0.942. The van der Waals surface area contributed by atoms with E-state index in [0.29, 0.717) is 11.2 Å². The quantitative estimate of drug-likeness (QED) is 0.425. The Hall–Kier alpha value is -1.33. The molecule has 0 spiro atoms. The molecule has 0 unspecified atom stereocenters. The van der Waals surface area contributed by atoms with Crippen LogP contribution < -0.4 is 16.6 Å². The van der Waals surface area contributed by atoms with Gasteiger partial charge in [-0.05, 0) is 30.7 Å². The van der Waals surface area contributed by atoms with E-state index in [2.05, 4.69) is 15.7 Å². The number of nitrogens with zero attached hydrogens (tertiary/aromatic N) is 1. The highest BCUT2D eigenvalue weighted by Crippen LogP contribution is 2.48. The summed E-state index contributed by atoms with van der Waals surface area (Å²) < 4.78 is 0. The van der Waals surface area contributed by atoms with Crippen LogP contribution in [0, 0.1) is 5.41 Å². The van der Waals surface area contributed by atoms with Gasteiger partial charge in [0.15, 0.2) is 0 Å². The number of aliphatic hydroxyl groups excluding tert-OH is 1. The summed E-state index contributed by atoms with van der Waals surface area (Å²) >= 11 is 0. The van der Waals surface area contributed by atoms with E-state index in [9.17, 15) is 0 Å². The van der Waals surface area contributed by atoms with Gasteiger partial charge in [0.05, 0.1) is 0 Å². The summed E-state index contributed by atoms with van der Waals surface area (Å²) in [5.74, 6) is 5.94. The zero-order chi connectivity index (χ0) is 11.4. The fourth-order valence-corrected chi connectivity index (χ4v) is 1.84. The number of nitrogens with two attached hydrogens (primary N) is 1. The molecule has 1 heterocycles. The molecule has 88 valence electrons. The van der Waals surface area contributed by atoms with Crippen molar-refractivity contribution in [3.63, 3.8) is 0 Å². The first kappa shape index (κ1) is 11.2. The molecule has 0 aromatic carbocycles. The maximum absolute atomic E-state index is 8.96. The fraction of sp³-hybridized carbons (Fsp3) is 0.545. The Morgan fingerprint density at radius 1 is 1.50 bits per heavy atom. The van der Waals surface area contributed by atoms with E-state index in [0.717, 1.165) is 18.7 Å². The lowest BCUT2D eigenvalue weighted by Gasteiger charge is -2.15. The highest BCUT2D eigenvalue weighted by atomic mass is 16.3. The number of hydrazine groups is 1. The highest BCUT2D eigenvalue weighted by molar-refractivity contribution is 5.51. The van der Waals surface area contributed by atoms with E-state index < -0.39 is 0 Å². The Morgan fingerprint density at radius 2 is 2.31 bits per heavy atom. The SMILES string of the molecule is NNc1cc(NCC2(CCO)CC2)ccn1. The molecule has 0 radical (unpaired) electrons. The van der Waals surface area contributed by atoms with Crippen LogP contribution in [0.25, 0.3) is 0 Å². The number of nitrogens with one attached hydrogen (secondary N) is 2. The van der Waals surface area contributed by atoms with Crippen LogP contribution in [-0.4, -0.2) is 23.2 Å². The molecule has 0 amide bonds. The van der Waals surface area contributed by atoms with Crippen molar-refractivity contribution in [2.75, 3.05) is 23.9 Å². The van der Waals surface area contributed by atoms with Crippen LogP contribution >= 0.6 is 0 Å². The molecule has 1 aromatic rings. The average molecular weight is 222 g/mol. The molecule has 0 saturated heterocycles. The topological polar surface area (TPSA) is 83.2 Å². The van der Waals surface area contributed by atoms with E-state index in [1.807, 2.05) is 12.1 Å². The maximum atomic E-state index is 8.96. The van der Waals surface area contributed by atoms with E-state index in [-0.39, 0.29) is 6.61 Å². The molecule has 1 fully saturated rings. The van der Waals surface area contributed by atoms with Crippen molar-refractivity contribution in [1.82, 2.24) is 4.98 Å². The number of nitrogen functional groups attached to an aromatic ring is 1. The van der Waals surface area contributed by atoms with Gasteiger partial charge in [-0.1, -0.05) is 0 Å². The second-order valence-corrected chi connectivity index (χ2v) is 4.40. The van der Waals surface area contributed by atoms with Crippen LogP contribution in [0.1, 0.15) is 19.3 Å². The summed E-state index contributed by atoms with van der Waals surface area (Å²) in [5, 5.41) is 12.3. The average Bonchev–Trinajstić information content (AvgIpc) is 3.08. The number of rotatable bonds is 6. The molecule has 0 aliphatic heterocycles. The summed E-state index contributed by atoms with van der Waals surface area (Å²) in [6.45, 7) is 1.18. The Bertz CT molecular complexity index is 352. The van der Waals surface area contributed by atoms with E-state index in [1.54, 1.807) is 6.20 Å². The van der Waals surface area contributed by atoms with Gasteiger partial charge in [-0.25, -0.2) is 10.8 Å². The molecular formula is C11H18N4O. The minimum atomic E-state index is 0.271. The van der Waals surface area contributed by atoms with Crippen molar-refractivity contribution < 1.29 is 5.11 Å². The number of hydrogen-bond acceptors (Lipinski definition) is 5. The third-order valence-corrected chi connectivity index (χ3v) is 3.17. The van der Waals surface area contributed by atoms with E-state index >= 15 is 0 Å². The molecule has 0 atom stereocenters. The van der Waals surface area contributed by atoms with Gasteiger partial charge in [0.1, 0.15) is 5.82 Å². The molecule has 1 aliphatic carbocycles. The molecule has 2 rings (SSSR count). The third kappa shape index (κ3) is 2.62. The lowest BCUT2D eigenvalue weighted by molar-refractivity contribution is 0.253. The van der Waals surface area contributed by atoms with Crippen molar-refractivity contribution in [2.45, 2.75) is 19.3 Å². The standard InChI is InChI=1S/C11H18N4O/c12-15-10-7-9(1-5-13-10)14-8-11(2-3-11)4-6-16/h1,5,7,16H,2-4,6,8,12H2,(H2,13,14,15). The number of pyridine rings is 1. The van der Waals surface area contributed by atoms with Gasteiger partial charge in [0.2, 0.25) is 0 Å². The predicted molar refractivity (Wildman–Crippen MR) is 63.9 cm³/mol. The lowest BCUT2D eigenvalue weighted by Crippen LogP contribution is -2.17. The maximum Gasteiger partial charge on any atom is 0.141 e. The number of aromatic nitrogens is 1. The van der Waals surface area contributed by atoms with Gasteiger partial charge in [-0.3, -0.25) is 0 Å². The van der Waals surface area contributed by atoms with Crippen LogP contribution in [-0.2, 0) is 0 Å². The van der Waals surface area contributed by atoms with Gasteiger partial charge in [0.25, 0.3) is 0 Å². The van der Waals surface area contributed by atoms with Gasteiger partial charge in [-0.15, -0.1) is 0 Å². The van der Waals surface area contributed by atoms with Crippen LogP contribution in [0.5, 0.6) is 0 Å². The largest absolute Gasteiger partial charge is 0.396 e. The van der Waals surface area contributed by atoms with Crippen LogP contribution in [0.15, 0.2) is 18.3 Å². The number of aliphatic hydroxyl groups is 1. The molecule has 5 N–H and O–H groups in total. The molecule has 1 aliphatic rings. The Morgan fingerprint density at radius 3 is 2.94 bits per heavy atom. The third-order valence-electron chi connectivity index (χ3n) is 3.17. The van der Waals surface area contributed by atoms with E-state index in [1.165, 1.54) is 12.8 Å². The van der Waals surface area contributed by atoms with E-state index in [4.69, 9.17) is 10.9 Å². The first-order chi connectivity index (χ1) is 7.78. The van der Waals surface area contributed by atoms with Crippen LogP contribution in [0.4, 0.5) is 11.5 Å². The smallest absolute Gasteiger partial charge is 0.141 e. The normalized spacial score (nSPS) is 16.9. The molecule has 16 heavy (non-hydrogen) atoms. The molecule has 1 saturated carbocycles. The van der Waals surface area contributed by atoms with Crippen molar-refractivity contribution in [3.05, 3.63) is 18.3 Å². The first-order valence-electron chi connectivity index (χ1n) is 5.55. The van der Waals surface area contributed by atoms with Gasteiger partial charge in [-0.2, -0.15) is 0 Å². The summed E-state index contributed by atoms with van der Waals surface area (Å²) in [5.41, 5.74) is 3.83. The monoisotopic (exact) mass is 222 g/mol. The number of anilines is 2. The Labute approximate surface area is 95.0 Å². The zero-order valence-corrected chi connectivity index (χ0v) is 9.24. The van der Waals surface area contributed by atoms with Crippen molar-refractivity contribution >= 4 is 11.5 Å². The highest BCUT2D eigenvalue weighted by Gasteiger charge is 2.41. The minimum Gasteiger partial charge on any atom is -0.396 e. The molecule has 0 bridgehead atoms. The van der Waals surface area contributed by atoms with Crippen LogP contribution in [0.2, 0.25) is 0 Å². The van der Waals surface area contributed by atoms with Crippen molar-refractivity contribution in [1.29, 1.82) is 0 Å². The molecule has 5 heteroatoms. The van der Waals surface area contributed by atoms with Gasteiger partial charge < -0.3 is 15.8 Å². The molecular weight excluding hydrogens is 204 g/mol. The second-order valence-electron chi connectivity index (χ2n) is 4.40. The van der Waals surface area contributed by atoms with Crippen LogP contribution in [0.3, 0.4) is 0 Å². The summed E-state index contributed by atoms with van der Waals surface area (Å²) in [6.07, 6.45) is 5.00.